The van der Waals surface area contributed by atoms with Gasteiger partial charge < -0.3 is 11.1 Å². The molecule has 3 N–H and O–H groups in total. The quantitative estimate of drug-likeness (QED) is 0.906. The van der Waals surface area contributed by atoms with Crippen LogP contribution in [0, 0.1) is 0 Å². The van der Waals surface area contributed by atoms with Gasteiger partial charge in [0.2, 0.25) is 5.95 Å². The molecule has 3 rings (SSSR count). The van der Waals surface area contributed by atoms with Gasteiger partial charge in [-0.1, -0.05) is 30.3 Å². The lowest BCUT2D eigenvalue weighted by atomic mass is 10.1. The van der Waals surface area contributed by atoms with Crippen molar-refractivity contribution in [3.8, 4) is 0 Å². The third kappa shape index (κ3) is 4.06. The molecule has 6 heteroatoms. The van der Waals surface area contributed by atoms with Crippen LogP contribution in [0.15, 0.2) is 42.6 Å². The molecule has 114 valence electrons. The first-order valence-electron chi connectivity index (χ1n) is 6.55. The number of nitrogens with one attached hydrogen (secondary N) is 1. The summed E-state index contributed by atoms with van der Waals surface area (Å²) in [6.07, 6.45) is 2.86. The molecule has 1 aromatic heterocycles. The lowest BCUT2D eigenvalue weighted by Gasteiger charge is -2.14. The van der Waals surface area contributed by atoms with Crippen molar-refractivity contribution in [2.75, 3.05) is 5.73 Å². The molecular weight excluding hydrogens is 307 g/mol. The molecule has 1 heterocycles. The average molecular weight is 327 g/mol. The van der Waals surface area contributed by atoms with E-state index in [1.165, 1.54) is 5.56 Å². The SMILES string of the molecule is CC1(NCc2ccnc(N)n2)CC1c1ccccc1.Cl.Cl. The predicted molar refractivity (Wildman–Crippen MR) is 90.0 cm³/mol. The molecule has 1 fully saturated rings. The Balaban J connectivity index is 0.00000110. The van der Waals surface area contributed by atoms with Crippen LogP contribution in [0.4, 0.5) is 5.95 Å². The molecule has 0 saturated heterocycles. The van der Waals surface area contributed by atoms with Crippen molar-refractivity contribution >= 4 is 30.8 Å². The number of nitrogen functional groups attached to an aromatic ring is 1. The molecular formula is C15H20Cl2N4. The predicted octanol–water partition coefficient (Wildman–Crippen LogP) is 2.94. The van der Waals surface area contributed by atoms with E-state index in [4.69, 9.17) is 5.73 Å². The van der Waals surface area contributed by atoms with E-state index < -0.39 is 0 Å². The summed E-state index contributed by atoms with van der Waals surface area (Å²) in [6, 6.07) is 12.5. The first-order valence-corrected chi connectivity index (χ1v) is 6.55. The zero-order valence-electron chi connectivity index (χ0n) is 11.8. The van der Waals surface area contributed by atoms with Crippen LogP contribution in [-0.4, -0.2) is 15.5 Å². The van der Waals surface area contributed by atoms with Crippen LogP contribution in [0.2, 0.25) is 0 Å². The van der Waals surface area contributed by atoms with Crippen molar-refractivity contribution in [3.63, 3.8) is 0 Å². The Bertz CT molecular complexity index is 579. The highest BCUT2D eigenvalue weighted by Crippen LogP contribution is 2.51. The van der Waals surface area contributed by atoms with Gasteiger partial charge in [-0.05, 0) is 25.0 Å². The van der Waals surface area contributed by atoms with E-state index in [1.54, 1.807) is 6.20 Å². The Morgan fingerprint density at radius 2 is 1.95 bits per heavy atom. The zero-order valence-corrected chi connectivity index (χ0v) is 13.5. The maximum Gasteiger partial charge on any atom is 0.220 e. The molecule has 1 aliphatic carbocycles. The van der Waals surface area contributed by atoms with Gasteiger partial charge in [0.05, 0.1) is 5.69 Å². The largest absolute Gasteiger partial charge is 0.368 e. The molecule has 2 atom stereocenters. The zero-order chi connectivity index (χ0) is 13.3. The third-order valence-electron chi connectivity index (χ3n) is 3.84. The van der Waals surface area contributed by atoms with Crippen LogP contribution in [0.3, 0.4) is 0 Å². The van der Waals surface area contributed by atoms with E-state index in [9.17, 15) is 0 Å². The summed E-state index contributed by atoms with van der Waals surface area (Å²) in [7, 11) is 0. The number of hydrogen-bond acceptors (Lipinski definition) is 4. The van der Waals surface area contributed by atoms with Crippen LogP contribution in [-0.2, 0) is 6.54 Å². The number of anilines is 1. The molecule has 2 unspecified atom stereocenters. The van der Waals surface area contributed by atoms with Crippen molar-refractivity contribution in [1.82, 2.24) is 15.3 Å². The van der Waals surface area contributed by atoms with E-state index in [0.29, 0.717) is 11.9 Å². The van der Waals surface area contributed by atoms with Crippen molar-refractivity contribution < 1.29 is 0 Å². The van der Waals surface area contributed by atoms with Gasteiger partial charge in [0.15, 0.2) is 0 Å². The van der Waals surface area contributed by atoms with E-state index in [2.05, 4.69) is 52.5 Å². The molecule has 21 heavy (non-hydrogen) atoms. The van der Waals surface area contributed by atoms with Gasteiger partial charge in [-0.25, -0.2) is 9.97 Å². The minimum Gasteiger partial charge on any atom is -0.368 e. The van der Waals surface area contributed by atoms with Crippen LogP contribution < -0.4 is 11.1 Å². The number of aromatic nitrogens is 2. The molecule has 0 spiro atoms. The fourth-order valence-corrected chi connectivity index (χ4v) is 2.54. The molecule has 1 aliphatic rings. The first-order chi connectivity index (χ1) is 9.17. The Hall–Kier alpha value is -1.36. The lowest BCUT2D eigenvalue weighted by molar-refractivity contribution is 0.516. The highest BCUT2D eigenvalue weighted by Gasteiger charge is 2.50. The normalized spacial score (nSPS) is 22.8. The summed E-state index contributed by atoms with van der Waals surface area (Å²) in [4.78, 5) is 8.11. The van der Waals surface area contributed by atoms with Gasteiger partial charge in [0, 0.05) is 24.2 Å². The van der Waals surface area contributed by atoms with Crippen molar-refractivity contribution in [2.24, 2.45) is 0 Å². The fraction of sp³-hybridized carbons (Fsp3) is 0.333. The Kier molecular flexibility index (Phi) is 5.96. The number of nitrogens with two attached hydrogens (primary N) is 1. The fourth-order valence-electron chi connectivity index (χ4n) is 2.54. The Morgan fingerprint density at radius 1 is 1.24 bits per heavy atom. The number of benzene rings is 1. The standard InChI is InChI=1S/C15H18N4.2ClH/c1-15(9-13(15)11-5-3-2-4-6-11)18-10-12-7-8-17-14(16)19-12;;/h2-8,13,18H,9-10H2,1H3,(H2,16,17,19);2*1H. The van der Waals surface area contributed by atoms with Crippen molar-refractivity contribution in [1.29, 1.82) is 0 Å². The van der Waals surface area contributed by atoms with E-state index >= 15 is 0 Å². The lowest BCUT2D eigenvalue weighted by Crippen LogP contribution is -2.29. The van der Waals surface area contributed by atoms with E-state index in [-0.39, 0.29) is 30.4 Å². The molecule has 0 aliphatic heterocycles. The second kappa shape index (κ2) is 7.07. The van der Waals surface area contributed by atoms with Gasteiger partial charge in [-0.3, -0.25) is 0 Å². The summed E-state index contributed by atoms with van der Waals surface area (Å²) in [6.45, 7) is 2.99. The maximum atomic E-state index is 5.58. The number of hydrogen-bond donors (Lipinski definition) is 2. The van der Waals surface area contributed by atoms with Gasteiger partial charge in [0.1, 0.15) is 0 Å². The highest BCUT2D eigenvalue weighted by atomic mass is 35.5. The molecule has 1 saturated carbocycles. The molecule has 0 bridgehead atoms. The number of halogens is 2. The summed E-state index contributed by atoms with van der Waals surface area (Å²) < 4.78 is 0. The van der Waals surface area contributed by atoms with Gasteiger partial charge in [0.25, 0.3) is 0 Å². The second-order valence-corrected chi connectivity index (χ2v) is 5.34. The van der Waals surface area contributed by atoms with Crippen LogP contribution >= 0.6 is 24.8 Å². The minimum absolute atomic E-state index is 0. The molecule has 1 aromatic carbocycles. The van der Waals surface area contributed by atoms with Gasteiger partial charge >= 0.3 is 0 Å². The summed E-state index contributed by atoms with van der Waals surface area (Å²) in [5.74, 6) is 0.924. The monoisotopic (exact) mass is 326 g/mol. The van der Waals surface area contributed by atoms with E-state index in [0.717, 1.165) is 18.7 Å². The highest BCUT2D eigenvalue weighted by molar-refractivity contribution is 5.85. The second-order valence-electron chi connectivity index (χ2n) is 5.34. The van der Waals surface area contributed by atoms with Crippen LogP contribution in [0.5, 0.6) is 0 Å². The molecule has 4 nitrogen and oxygen atoms in total. The Labute approximate surface area is 137 Å². The average Bonchev–Trinajstić information content (AvgIpc) is 3.11. The van der Waals surface area contributed by atoms with Crippen LogP contribution in [0.25, 0.3) is 0 Å². The summed E-state index contributed by atoms with van der Waals surface area (Å²) in [5, 5.41) is 3.58. The number of rotatable bonds is 4. The summed E-state index contributed by atoms with van der Waals surface area (Å²) >= 11 is 0. The molecule has 0 radical (unpaired) electrons. The van der Waals surface area contributed by atoms with Crippen molar-refractivity contribution in [2.45, 2.75) is 31.3 Å². The molecule has 2 aromatic rings. The van der Waals surface area contributed by atoms with Gasteiger partial charge in [-0.2, -0.15) is 0 Å². The summed E-state index contributed by atoms with van der Waals surface area (Å²) in [5.41, 5.74) is 8.09. The maximum absolute atomic E-state index is 5.58. The van der Waals surface area contributed by atoms with Crippen LogP contribution in [0.1, 0.15) is 30.5 Å². The first kappa shape index (κ1) is 17.7. The topological polar surface area (TPSA) is 63.8 Å². The molecule has 0 amide bonds. The Morgan fingerprint density at radius 3 is 2.62 bits per heavy atom. The van der Waals surface area contributed by atoms with Gasteiger partial charge in [-0.15, -0.1) is 24.8 Å². The third-order valence-corrected chi connectivity index (χ3v) is 3.84. The number of nitrogens with zero attached hydrogens (tertiary/aromatic N) is 2. The van der Waals surface area contributed by atoms with Crippen molar-refractivity contribution in [3.05, 3.63) is 53.9 Å². The smallest absolute Gasteiger partial charge is 0.220 e. The van der Waals surface area contributed by atoms with E-state index in [1.807, 2.05) is 6.07 Å². The minimum atomic E-state index is 0.